The Labute approximate surface area is 155 Å². The van der Waals surface area contributed by atoms with Crippen molar-refractivity contribution in [3.05, 3.63) is 40.5 Å². The van der Waals surface area contributed by atoms with Crippen LogP contribution in [0.4, 0.5) is 0 Å². The number of hydroxylamine groups is 1. The van der Waals surface area contributed by atoms with Crippen molar-refractivity contribution < 1.29 is 14.8 Å². The Morgan fingerprint density at radius 3 is 2.44 bits per heavy atom. The fourth-order valence-corrected chi connectivity index (χ4v) is 2.87. The van der Waals surface area contributed by atoms with Gasteiger partial charge in [0.1, 0.15) is 0 Å². The van der Waals surface area contributed by atoms with Crippen molar-refractivity contribution >= 4 is 38.6 Å². The summed E-state index contributed by atoms with van der Waals surface area (Å²) < 4.78 is 1.01. The number of hydrogen-bond donors (Lipinski definition) is 3. The quantitative estimate of drug-likeness (QED) is 0.337. The first kappa shape index (κ1) is 19.3. The van der Waals surface area contributed by atoms with Crippen molar-refractivity contribution in [2.75, 3.05) is 0 Å². The maximum absolute atomic E-state index is 11.9. The third-order valence-corrected chi connectivity index (χ3v) is 4.35. The molecule has 25 heavy (non-hydrogen) atoms. The maximum Gasteiger partial charge on any atom is 0.243 e. The Hall–Kier alpha value is -1.99. The van der Waals surface area contributed by atoms with E-state index in [1.807, 2.05) is 30.3 Å². The van der Waals surface area contributed by atoms with Crippen LogP contribution in [0.5, 0.6) is 0 Å². The standard InChI is InChI=1S/C18H22BrN3O3/c19-14-8-10-16-13(11-14)7-9-15(21-16)12-20-17(23)5-3-1-2-4-6-18(24)22-25/h7-11,25H,1-6,12H2,(H,20,23)(H,22,24). The summed E-state index contributed by atoms with van der Waals surface area (Å²) in [6.07, 6.45) is 4.02. The van der Waals surface area contributed by atoms with Gasteiger partial charge in [-0.25, -0.2) is 5.48 Å². The van der Waals surface area contributed by atoms with Gasteiger partial charge < -0.3 is 5.32 Å². The SMILES string of the molecule is O=C(CCCCCCC(=O)NCc1ccc2cc(Br)ccc2n1)NO. The zero-order valence-electron chi connectivity index (χ0n) is 13.9. The normalized spacial score (nSPS) is 10.6. The molecule has 6 nitrogen and oxygen atoms in total. The average Bonchev–Trinajstić information content (AvgIpc) is 2.62. The smallest absolute Gasteiger partial charge is 0.243 e. The van der Waals surface area contributed by atoms with Gasteiger partial charge in [-0.2, -0.15) is 0 Å². The molecule has 2 amide bonds. The molecule has 0 aliphatic carbocycles. The molecule has 2 aromatic rings. The molecule has 0 atom stereocenters. The van der Waals surface area contributed by atoms with Crippen LogP contribution in [-0.4, -0.2) is 22.0 Å². The minimum Gasteiger partial charge on any atom is -0.350 e. The van der Waals surface area contributed by atoms with Gasteiger partial charge in [0.05, 0.1) is 17.8 Å². The molecule has 0 saturated carbocycles. The van der Waals surface area contributed by atoms with E-state index in [1.54, 1.807) is 5.48 Å². The van der Waals surface area contributed by atoms with Crippen LogP contribution in [0, 0.1) is 0 Å². The first-order chi connectivity index (χ1) is 12.1. The van der Waals surface area contributed by atoms with Crippen molar-refractivity contribution in [1.29, 1.82) is 0 Å². The van der Waals surface area contributed by atoms with E-state index < -0.39 is 0 Å². The van der Waals surface area contributed by atoms with Crippen LogP contribution in [0.2, 0.25) is 0 Å². The second-order valence-corrected chi connectivity index (χ2v) is 6.78. The molecule has 0 spiro atoms. The number of fused-ring (bicyclic) bond motifs is 1. The van der Waals surface area contributed by atoms with Crippen LogP contribution in [0.1, 0.15) is 44.2 Å². The van der Waals surface area contributed by atoms with Gasteiger partial charge in [0.25, 0.3) is 0 Å². The molecule has 0 unspecified atom stereocenters. The molecule has 0 saturated heterocycles. The number of unbranched alkanes of at least 4 members (excludes halogenated alkanes) is 3. The lowest BCUT2D eigenvalue weighted by Gasteiger charge is -2.06. The first-order valence-electron chi connectivity index (χ1n) is 8.33. The average molecular weight is 408 g/mol. The number of benzene rings is 1. The molecule has 0 aliphatic rings. The number of aromatic nitrogens is 1. The van der Waals surface area contributed by atoms with E-state index in [1.165, 1.54) is 0 Å². The fraction of sp³-hybridized carbons (Fsp3) is 0.389. The number of carbonyl (C=O) groups is 2. The molecule has 134 valence electrons. The summed E-state index contributed by atoms with van der Waals surface area (Å²) in [7, 11) is 0. The van der Waals surface area contributed by atoms with E-state index >= 15 is 0 Å². The Kier molecular flexibility index (Phi) is 7.81. The zero-order valence-corrected chi connectivity index (χ0v) is 15.5. The molecule has 3 N–H and O–H groups in total. The van der Waals surface area contributed by atoms with Gasteiger partial charge in [-0.05, 0) is 37.1 Å². The van der Waals surface area contributed by atoms with E-state index in [0.717, 1.165) is 40.3 Å². The van der Waals surface area contributed by atoms with Gasteiger partial charge >= 0.3 is 0 Å². The summed E-state index contributed by atoms with van der Waals surface area (Å²) in [5.41, 5.74) is 3.35. The molecular weight excluding hydrogens is 386 g/mol. The van der Waals surface area contributed by atoms with Gasteiger partial charge in [0.2, 0.25) is 11.8 Å². The fourth-order valence-electron chi connectivity index (χ4n) is 2.50. The van der Waals surface area contributed by atoms with E-state index in [2.05, 4.69) is 26.2 Å². The van der Waals surface area contributed by atoms with Crippen molar-refractivity contribution in [3.8, 4) is 0 Å². The van der Waals surface area contributed by atoms with Crippen molar-refractivity contribution in [2.24, 2.45) is 0 Å². The van der Waals surface area contributed by atoms with Crippen LogP contribution in [-0.2, 0) is 16.1 Å². The van der Waals surface area contributed by atoms with Gasteiger partial charge in [0.15, 0.2) is 0 Å². The molecule has 1 heterocycles. The van der Waals surface area contributed by atoms with Gasteiger partial charge in [0, 0.05) is 22.7 Å². The lowest BCUT2D eigenvalue weighted by Crippen LogP contribution is -2.22. The minimum atomic E-state index is -0.368. The van der Waals surface area contributed by atoms with Crippen molar-refractivity contribution in [3.63, 3.8) is 0 Å². The third kappa shape index (κ3) is 6.80. The molecule has 0 aliphatic heterocycles. The predicted octanol–water partition coefficient (Wildman–Crippen LogP) is 3.46. The number of rotatable bonds is 9. The molecule has 0 bridgehead atoms. The molecule has 1 aromatic carbocycles. The number of carbonyl (C=O) groups excluding carboxylic acids is 2. The second kappa shape index (κ2) is 10.1. The number of nitrogens with one attached hydrogen (secondary N) is 2. The summed E-state index contributed by atoms with van der Waals surface area (Å²) in [4.78, 5) is 27.2. The van der Waals surface area contributed by atoms with Crippen LogP contribution >= 0.6 is 15.9 Å². The van der Waals surface area contributed by atoms with Crippen LogP contribution in [0.25, 0.3) is 10.9 Å². The number of pyridine rings is 1. The molecule has 7 heteroatoms. The van der Waals surface area contributed by atoms with Crippen LogP contribution < -0.4 is 10.8 Å². The molecule has 2 rings (SSSR count). The minimum absolute atomic E-state index is 0.00537. The van der Waals surface area contributed by atoms with Gasteiger partial charge in [-0.1, -0.05) is 34.8 Å². The Bertz CT molecular complexity index is 737. The first-order valence-corrected chi connectivity index (χ1v) is 9.12. The maximum atomic E-state index is 11.9. The number of nitrogens with zero attached hydrogens (tertiary/aromatic N) is 1. The van der Waals surface area contributed by atoms with Gasteiger partial charge in [-0.3, -0.25) is 19.8 Å². The molecule has 0 radical (unpaired) electrons. The summed E-state index contributed by atoms with van der Waals surface area (Å²) in [6.45, 7) is 0.418. The Balaban J connectivity index is 1.66. The van der Waals surface area contributed by atoms with Crippen LogP contribution in [0.3, 0.4) is 0 Å². The third-order valence-electron chi connectivity index (χ3n) is 3.86. The summed E-state index contributed by atoms with van der Waals surface area (Å²) in [5.74, 6) is -0.362. The van der Waals surface area contributed by atoms with E-state index in [4.69, 9.17) is 5.21 Å². The topological polar surface area (TPSA) is 91.3 Å². The number of halogens is 1. The summed E-state index contributed by atoms with van der Waals surface area (Å²) in [5, 5.41) is 12.3. The zero-order chi connectivity index (χ0) is 18.1. The van der Waals surface area contributed by atoms with Crippen molar-refractivity contribution in [1.82, 2.24) is 15.8 Å². The lowest BCUT2D eigenvalue weighted by atomic mass is 10.1. The highest BCUT2D eigenvalue weighted by molar-refractivity contribution is 9.10. The lowest BCUT2D eigenvalue weighted by molar-refractivity contribution is -0.129. The summed E-state index contributed by atoms with van der Waals surface area (Å²) in [6, 6.07) is 9.82. The Morgan fingerprint density at radius 1 is 1.00 bits per heavy atom. The van der Waals surface area contributed by atoms with E-state index in [0.29, 0.717) is 25.8 Å². The van der Waals surface area contributed by atoms with Gasteiger partial charge in [-0.15, -0.1) is 0 Å². The van der Waals surface area contributed by atoms with E-state index in [9.17, 15) is 9.59 Å². The summed E-state index contributed by atoms with van der Waals surface area (Å²) >= 11 is 3.44. The number of amides is 2. The largest absolute Gasteiger partial charge is 0.350 e. The van der Waals surface area contributed by atoms with Crippen LogP contribution in [0.15, 0.2) is 34.8 Å². The van der Waals surface area contributed by atoms with Crippen molar-refractivity contribution in [2.45, 2.75) is 45.1 Å². The monoisotopic (exact) mass is 407 g/mol. The highest BCUT2D eigenvalue weighted by Gasteiger charge is 2.04. The number of hydrogen-bond acceptors (Lipinski definition) is 4. The second-order valence-electron chi connectivity index (χ2n) is 5.87. The molecule has 1 aromatic heterocycles. The van der Waals surface area contributed by atoms with E-state index in [-0.39, 0.29) is 11.8 Å². The highest BCUT2D eigenvalue weighted by Crippen LogP contribution is 2.18. The highest BCUT2D eigenvalue weighted by atomic mass is 79.9. The molecular formula is C18H22BrN3O3. The Morgan fingerprint density at radius 2 is 1.72 bits per heavy atom. The molecule has 0 fully saturated rings. The predicted molar refractivity (Wildman–Crippen MR) is 98.9 cm³/mol.